The fourth-order valence-corrected chi connectivity index (χ4v) is 1.97. The maximum absolute atomic E-state index is 13.5. The fourth-order valence-electron chi connectivity index (χ4n) is 1.97. The summed E-state index contributed by atoms with van der Waals surface area (Å²) in [5, 5.41) is 3.11. The van der Waals surface area contributed by atoms with Crippen LogP contribution in [-0.2, 0) is 6.54 Å². The van der Waals surface area contributed by atoms with E-state index < -0.39 is 0 Å². The van der Waals surface area contributed by atoms with E-state index in [1.807, 2.05) is 32.2 Å². The predicted molar refractivity (Wildman–Crippen MR) is 69.3 cm³/mol. The molecule has 2 heteroatoms. The Kier molecular flexibility index (Phi) is 3.55. The summed E-state index contributed by atoms with van der Waals surface area (Å²) in [7, 11) is 1.92. The zero-order valence-corrected chi connectivity index (χ0v) is 10.1. The summed E-state index contributed by atoms with van der Waals surface area (Å²) < 4.78 is 13.5. The Morgan fingerprint density at radius 3 is 2.65 bits per heavy atom. The van der Waals surface area contributed by atoms with Gasteiger partial charge in [0.15, 0.2) is 0 Å². The van der Waals surface area contributed by atoms with Crippen LogP contribution in [0.25, 0.3) is 11.1 Å². The molecule has 1 nitrogen and oxygen atoms in total. The van der Waals surface area contributed by atoms with E-state index in [-0.39, 0.29) is 5.82 Å². The first-order valence-corrected chi connectivity index (χ1v) is 5.71. The molecule has 0 aliphatic carbocycles. The highest BCUT2D eigenvalue weighted by Gasteiger charge is 2.05. The lowest BCUT2D eigenvalue weighted by atomic mass is 9.98. The molecular formula is C15H16FN. The molecule has 0 aliphatic heterocycles. The molecule has 2 aromatic rings. The van der Waals surface area contributed by atoms with Gasteiger partial charge >= 0.3 is 0 Å². The van der Waals surface area contributed by atoms with E-state index in [4.69, 9.17) is 0 Å². The Labute approximate surface area is 101 Å². The number of halogens is 1. The summed E-state index contributed by atoms with van der Waals surface area (Å²) >= 11 is 0. The fraction of sp³-hybridized carbons (Fsp3) is 0.200. The van der Waals surface area contributed by atoms with Crippen LogP contribution in [0.3, 0.4) is 0 Å². The lowest BCUT2D eigenvalue weighted by Gasteiger charge is -2.08. The van der Waals surface area contributed by atoms with Crippen molar-refractivity contribution in [1.82, 2.24) is 5.32 Å². The lowest BCUT2D eigenvalue weighted by Crippen LogP contribution is -2.04. The molecule has 0 unspecified atom stereocenters. The molecule has 2 aromatic carbocycles. The third kappa shape index (κ3) is 2.53. The molecule has 88 valence electrons. The SMILES string of the molecule is CNCc1cccc(-c2cccc(F)c2C)c1. The molecule has 2 rings (SSSR count). The van der Waals surface area contributed by atoms with E-state index in [0.717, 1.165) is 17.7 Å². The van der Waals surface area contributed by atoms with Crippen LogP contribution in [0.2, 0.25) is 0 Å². The highest BCUT2D eigenvalue weighted by atomic mass is 19.1. The van der Waals surface area contributed by atoms with Crippen LogP contribution in [0.4, 0.5) is 4.39 Å². The molecule has 0 atom stereocenters. The van der Waals surface area contributed by atoms with Crippen molar-refractivity contribution in [2.24, 2.45) is 0 Å². The van der Waals surface area contributed by atoms with Gasteiger partial charge in [-0.2, -0.15) is 0 Å². The second-order valence-electron chi connectivity index (χ2n) is 4.14. The van der Waals surface area contributed by atoms with Crippen molar-refractivity contribution in [3.8, 4) is 11.1 Å². The molecule has 0 spiro atoms. The van der Waals surface area contributed by atoms with Crippen LogP contribution in [0.15, 0.2) is 42.5 Å². The van der Waals surface area contributed by atoms with E-state index in [0.29, 0.717) is 5.56 Å². The molecule has 0 bridgehead atoms. The second-order valence-corrected chi connectivity index (χ2v) is 4.14. The number of hydrogen-bond donors (Lipinski definition) is 1. The van der Waals surface area contributed by atoms with Crippen LogP contribution in [0.1, 0.15) is 11.1 Å². The Hall–Kier alpha value is -1.67. The normalized spacial score (nSPS) is 10.5. The quantitative estimate of drug-likeness (QED) is 0.849. The molecule has 0 amide bonds. The van der Waals surface area contributed by atoms with Gasteiger partial charge in [0.2, 0.25) is 0 Å². The van der Waals surface area contributed by atoms with E-state index >= 15 is 0 Å². The third-order valence-electron chi connectivity index (χ3n) is 2.89. The number of hydrogen-bond acceptors (Lipinski definition) is 1. The minimum Gasteiger partial charge on any atom is -0.316 e. The highest BCUT2D eigenvalue weighted by Crippen LogP contribution is 2.25. The molecule has 0 aromatic heterocycles. The van der Waals surface area contributed by atoms with Gasteiger partial charge in [-0.05, 0) is 48.4 Å². The Balaban J connectivity index is 2.45. The Morgan fingerprint density at radius 2 is 1.88 bits per heavy atom. The van der Waals surface area contributed by atoms with Gasteiger partial charge in [-0.15, -0.1) is 0 Å². The summed E-state index contributed by atoms with van der Waals surface area (Å²) in [5.41, 5.74) is 3.93. The van der Waals surface area contributed by atoms with Crippen molar-refractivity contribution in [2.45, 2.75) is 13.5 Å². The average Bonchev–Trinajstić information content (AvgIpc) is 2.33. The zero-order valence-electron chi connectivity index (χ0n) is 10.1. The minimum atomic E-state index is -0.151. The lowest BCUT2D eigenvalue weighted by molar-refractivity contribution is 0.619. The van der Waals surface area contributed by atoms with Gasteiger partial charge in [-0.25, -0.2) is 4.39 Å². The van der Waals surface area contributed by atoms with Gasteiger partial charge in [0, 0.05) is 6.54 Å². The van der Waals surface area contributed by atoms with Gasteiger partial charge in [-0.1, -0.05) is 30.3 Å². The van der Waals surface area contributed by atoms with E-state index in [1.54, 1.807) is 6.07 Å². The molecule has 0 radical (unpaired) electrons. The second kappa shape index (κ2) is 5.11. The summed E-state index contributed by atoms with van der Waals surface area (Å²) in [6.45, 7) is 2.64. The van der Waals surface area contributed by atoms with Gasteiger partial charge in [0.1, 0.15) is 5.82 Å². The van der Waals surface area contributed by atoms with Crippen LogP contribution in [-0.4, -0.2) is 7.05 Å². The van der Waals surface area contributed by atoms with E-state index in [2.05, 4.69) is 17.4 Å². The highest BCUT2D eigenvalue weighted by molar-refractivity contribution is 5.67. The van der Waals surface area contributed by atoms with Gasteiger partial charge < -0.3 is 5.32 Å². The minimum absolute atomic E-state index is 0.151. The topological polar surface area (TPSA) is 12.0 Å². The predicted octanol–water partition coefficient (Wildman–Crippen LogP) is 3.52. The third-order valence-corrected chi connectivity index (χ3v) is 2.89. The monoisotopic (exact) mass is 229 g/mol. The van der Waals surface area contributed by atoms with Crippen LogP contribution in [0, 0.1) is 12.7 Å². The van der Waals surface area contributed by atoms with E-state index in [1.165, 1.54) is 11.6 Å². The first kappa shape index (κ1) is 11.8. The van der Waals surface area contributed by atoms with Crippen LogP contribution in [0.5, 0.6) is 0 Å². The van der Waals surface area contributed by atoms with Crippen LogP contribution >= 0.6 is 0 Å². The maximum atomic E-state index is 13.5. The standard InChI is InChI=1S/C15H16FN/c1-11-14(7-4-8-15(11)16)13-6-3-5-12(9-13)10-17-2/h3-9,17H,10H2,1-2H3. The summed E-state index contributed by atoms with van der Waals surface area (Å²) in [6, 6.07) is 13.4. The largest absolute Gasteiger partial charge is 0.316 e. The Morgan fingerprint density at radius 1 is 1.12 bits per heavy atom. The molecule has 0 aliphatic rings. The summed E-state index contributed by atoms with van der Waals surface area (Å²) in [5.74, 6) is -0.151. The number of rotatable bonds is 3. The molecule has 0 heterocycles. The van der Waals surface area contributed by atoms with Gasteiger partial charge in [0.05, 0.1) is 0 Å². The zero-order chi connectivity index (χ0) is 12.3. The van der Waals surface area contributed by atoms with Crippen molar-refractivity contribution < 1.29 is 4.39 Å². The van der Waals surface area contributed by atoms with Crippen molar-refractivity contribution in [3.63, 3.8) is 0 Å². The van der Waals surface area contributed by atoms with Crippen molar-refractivity contribution in [3.05, 3.63) is 59.4 Å². The first-order chi connectivity index (χ1) is 8.22. The molecular weight excluding hydrogens is 213 g/mol. The van der Waals surface area contributed by atoms with Crippen molar-refractivity contribution in [2.75, 3.05) is 7.05 Å². The molecule has 0 saturated carbocycles. The Bertz CT molecular complexity index is 520. The van der Waals surface area contributed by atoms with E-state index in [9.17, 15) is 4.39 Å². The van der Waals surface area contributed by atoms with Crippen LogP contribution < -0.4 is 5.32 Å². The number of benzene rings is 2. The first-order valence-electron chi connectivity index (χ1n) is 5.71. The number of nitrogens with one attached hydrogen (secondary N) is 1. The van der Waals surface area contributed by atoms with Crippen molar-refractivity contribution in [1.29, 1.82) is 0 Å². The smallest absolute Gasteiger partial charge is 0.126 e. The molecule has 1 N–H and O–H groups in total. The average molecular weight is 229 g/mol. The molecule has 0 fully saturated rings. The summed E-state index contributed by atoms with van der Waals surface area (Å²) in [4.78, 5) is 0. The van der Waals surface area contributed by atoms with Crippen molar-refractivity contribution >= 4 is 0 Å². The molecule has 17 heavy (non-hydrogen) atoms. The van der Waals surface area contributed by atoms with Gasteiger partial charge in [-0.3, -0.25) is 0 Å². The summed E-state index contributed by atoms with van der Waals surface area (Å²) in [6.07, 6.45) is 0. The maximum Gasteiger partial charge on any atom is 0.126 e. The molecule has 0 saturated heterocycles. The van der Waals surface area contributed by atoms with Gasteiger partial charge in [0.25, 0.3) is 0 Å².